The number of aryl methyl sites for hydroxylation is 1. The van der Waals surface area contributed by atoms with E-state index in [1.54, 1.807) is 35.1 Å². The van der Waals surface area contributed by atoms with Crippen LogP contribution in [0.15, 0.2) is 24.7 Å². The van der Waals surface area contributed by atoms with Crippen molar-refractivity contribution in [2.24, 2.45) is 7.05 Å². The minimum absolute atomic E-state index is 0.0424. The number of nitrogens with two attached hydrogens (primary N) is 1. The molecule has 0 atom stereocenters. The van der Waals surface area contributed by atoms with Crippen molar-refractivity contribution in [1.29, 1.82) is 0 Å². The van der Waals surface area contributed by atoms with Gasteiger partial charge in [-0.05, 0) is 19.9 Å². The molecule has 0 radical (unpaired) electrons. The Balaban J connectivity index is 2.18. The number of carbonyl (C=O) groups excluding carboxylic acids is 1. The second-order valence-corrected chi connectivity index (χ2v) is 5.34. The first-order chi connectivity index (χ1) is 9.38. The topological polar surface area (TPSA) is 69.1 Å². The monoisotopic (exact) mass is 275 g/mol. The molecule has 0 aliphatic rings. The van der Waals surface area contributed by atoms with Gasteiger partial charge in [-0.1, -0.05) is 0 Å². The van der Waals surface area contributed by atoms with Gasteiger partial charge >= 0.3 is 0 Å². The molecule has 0 aromatic carbocycles. The van der Waals surface area contributed by atoms with E-state index in [2.05, 4.69) is 5.10 Å². The van der Waals surface area contributed by atoms with Crippen molar-refractivity contribution in [1.82, 2.24) is 19.2 Å². The highest BCUT2D eigenvalue weighted by Crippen LogP contribution is 2.18. The van der Waals surface area contributed by atoms with Gasteiger partial charge in [0.15, 0.2) is 0 Å². The van der Waals surface area contributed by atoms with Crippen molar-refractivity contribution in [3.63, 3.8) is 0 Å². The van der Waals surface area contributed by atoms with Crippen LogP contribution in [0.3, 0.4) is 0 Å². The molecule has 2 N–H and O–H groups in total. The van der Waals surface area contributed by atoms with Gasteiger partial charge in [0.1, 0.15) is 5.69 Å². The fourth-order valence-electron chi connectivity index (χ4n) is 2.19. The smallest absolute Gasteiger partial charge is 0.270 e. The van der Waals surface area contributed by atoms with Crippen LogP contribution in [0.25, 0.3) is 0 Å². The van der Waals surface area contributed by atoms with Gasteiger partial charge in [-0.3, -0.25) is 9.48 Å². The summed E-state index contributed by atoms with van der Waals surface area (Å²) < 4.78 is 3.62. The number of nitrogens with zero attached hydrogens (tertiary/aromatic N) is 4. The van der Waals surface area contributed by atoms with Gasteiger partial charge in [0.2, 0.25) is 0 Å². The van der Waals surface area contributed by atoms with E-state index in [0.29, 0.717) is 17.9 Å². The Kier molecular flexibility index (Phi) is 3.83. The van der Waals surface area contributed by atoms with Gasteiger partial charge in [0, 0.05) is 44.6 Å². The van der Waals surface area contributed by atoms with E-state index in [-0.39, 0.29) is 11.9 Å². The second-order valence-electron chi connectivity index (χ2n) is 5.34. The van der Waals surface area contributed by atoms with Crippen LogP contribution < -0.4 is 5.73 Å². The summed E-state index contributed by atoms with van der Waals surface area (Å²) in [6.45, 7) is 4.57. The Bertz CT molecular complexity index is 611. The summed E-state index contributed by atoms with van der Waals surface area (Å²) in [5.41, 5.74) is 8.03. The molecular weight excluding hydrogens is 254 g/mol. The zero-order valence-electron chi connectivity index (χ0n) is 12.4. The largest absolute Gasteiger partial charge is 0.397 e. The highest BCUT2D eigenvalue weighted by Gasteiger charge is 2.19. The van der Waals surface area contributed by atoms with Crippen molar-refractivity contribution >= 4 is 11.6 Å². The van der Waals surface area contributed by atoms with E-state index in [0.717, 1.165) is 5.56 Å². The fourth-order valence-corrected chi connectivity index (χ4v) is 2.19. The zero-order valence-corrected chi connectivity index (χ0v) is 12.4. The third-order valence-electron chi connectivity index (χ3n) is 3.17. The van der Waals surface area contributed by atoms with Crippen molar-refractivity contribution in [2.75, 3.05) is 12.8 Å². The van der Waals surface area contributed by atoms with Crippen LogP contribution in [0.5, 0.6) is 0 Å². The van der Waals surface area contributed by atoms with E-state index >= 15 is 0 Å². The normalized spacial score (nSPS) is 11.1. The lowest BCUT2D eigenvalue weighted by atomic mass is 10.3. The molecule has 1 amide bonds. The first-order valence-electron chi connectivity index (χ1n) is 6.59. The van der Waals surface area contributed by atoms with Crippen molar-refractivity contribution in [3.05, 3.63) is 35.9 Å². The lowest BCUT2D eigenvalue weighted by molar-refractivity contribution is 0.0772. The van der Waals surface area contributed by atoms with Gasteiger partial charge in [-0.2, -0.15) is 5.10 Å². The number of rotatable bonds is 4. The molecule has 0 unspecified atom stereocenters. The molecule has 2 heterocycles. The van der Waals surface area contributed by atoms with E-state index in [1.807, 2.05) is 31.7 Å². The fraction of sp³-hybridized carbons (Fsp3) is 0.429. The van der Waals surface area contributed by atoms with Gasteiger partial charge in [-0.15, -0.1) is 0 Å². The molecule has 2 rings (SSSR count). The molecule has 2 aromatic heterocycles. The quantitative estimate of drug-likeness (QED) is 0.922. The number of hydrogen-bond donors (Lipinski definition) is 1. The molecule has 0 saturated heterocycles. The van der Waals surface area contributed by atoms with Crippen LogP contribution in [0.4, 0.5) is 5.69 Å². The van der Waals surface area contributed by atoms with Gasteiger partial charge in [-0.25, -0.2) is 0 Å². The van der Waals surface area contributed by atoms with Crippen LogP contribution in [-0.4, -0.2) is 32.2 Å². The number of carbonyl (C=O) groups is 1. The predicted molar refractivity (Wildman–Crippen MR) is 78.2 cm³/mol. The first kappa shape index (κ1) is 14.2. The molecule has 108 valence electrons. The minimum atomic E-state index is -0.0424. The third kappa shape index (κ3) is 2.84. The average Bonchev–Trinajstić information content (AvgIpc) is 2.94. The Morgan fingerprint density at radius 3 is 2.70 bits per heavy atom. The minimum Gasteiger partial charge on any atom is -0.397 e. The van der Waals surface area contributed by atoms with Crippen molar-refractivity contribution < 1.29 is 4.79 Å². The molecule has 0 aliphatic carbocycles. The summed E-state index contributed by atoms with van der Waals surface area (Å²) in [5.74, 6) is -0.0424. The third-order valence-corrected chi connectivity index (χ3v) is 3.17. The number of anilines is 1. The van der Waals surface area contributed by atoms with Crippen LogP contribution in [0.2, 0.25) is 0 Å². The van der Waals surface area contributed by atoms with Crippen LogP contribution in [-0.2, 0) is 13.6 Å². The number of nitrogen functional groups attached to an aromatic ring is 1. The molecule has 6 heteroatoms. The molecule has 0 saturated carbocycles. The Labute approximate surface area is 118 Å². The lowest BCUT2D eigenvalue weighted by Crippen LogP contribution is -2.28. The molecule has 0 spiro atoms. The number of amides is 1. The van der Waals surface area contributed by atoms with Crippen molar-refractivity contribution in [2.45, 2.75) is 26.4 Å². The Hall–Kier alpha value is -2.24. The highest BCUT2D eigenvalue weighted by molar-refractivity contribution is 5.93. The summed E-state index contributed by atoms with van der Waals surface area (Å²) in [5, 5.41) is 4.11. The van der Waals surface area contributed by atoms with Crippen LogP contribution >= 0.6 is 0 Å². The number of aromatic nitrogens is 3. The van der Waals surface area contributed by atoms with E-state index < -0.39 is 0 Å². The van der Waals surface area contributed by atoms with Gasteiger partial charge < -0.3 is 15.2 Å². The molecule has 0 aliphatic heterocycles. The summed E-state index contributed by atoms with van der Waals surface area (Å²) >= 11 is 0. The Morgan fingerprint density at radius 2 is 2.15 bits per heavy atom. The first-order valence-corrected chi connectivity index (χ1v) is 6.59. The van der Waals surface area contributed by atoms with E-state index in [9.17, 15) is 4.79 Å². The molecule has 0 bridgehead atoms. The molecule has 2 aromatic rings. The molecular formula is C14H21N5O. The summed E-state index contributed by atoms with van der Waals surface area (Å²) in [7, 11) is 3.64. The predicted octanol–water partition coefficient (Wildman–Crippen LogP) is 1.66. The summed E-state index contributed by atoms with van der Waals surface area (Å²) in [4.78, 5) is 14.2. The van der Waals surface area contributed by atoms with Gasteiger partial charge in [0.25, 0.3) is 5.91 Å². The van der Waals surface area contributed by atoms with E-state index in [4.69, 9.17) is 5.73 Å². The SMILES string of the molecule is CC(C)n1cc(N)cc1C(=O)N(C)Cc1cnn(C)c1. The molecule has 6 nitrogen and oxygen atoms in total. The summed E-state index contributed by atoms with van der Waals surface area (Å²) in [6.07, 6.45) is 5.47. The van der Waals surface area contributed by atoms with E-state index in [1.165, 1.54) is 0 Å². The molecule has 20 heavy (non-hydrogen) atoms. The van der Waals surface area contributed by atoms with Crippen molar-refractivity contribution in [3.8, 4) is 0 Å². The standard InChI is InChI=1S/C14H21N5O/c1-10(2)19-9-12(15)5-13(19)14(20)17(3)7-11-6-16-18(4)8-11/h5-6,8-10H,7,15H2,1-4H3. The Morgan fingerprint density at radius 1 is 1.45 bits per heavy atom. The molecule has 0 fully saturated rings. The van der Waals surface area contributed by atoms with Crippen LogP contribution in [0, 0.1) is 0 Å². The van der Waals surface area contributed by atoms with Gasteiger partial charge in [0.05, 0.1) is 11.9 Å². The lowest BCUT2D eigenvalue weighted by Gasteiger charge is -2.19. The maximum absolute atomic E-state index is 12.5. The number of hydrogen-bond acceptors (Lipinski definition) is 3. The zero-order chi connectivity index (χ0) is 14.9. The maximum atomic E-state index is 12.5. The van der Waals surface area contributed by atoms with Crippen LogP contribution in [0.1, 0.15) is 35.9 Å². The highest BCUT2D eigenvalue weighted by atomic mass is 16.2. The maximum Gasteiger partial charge on any atom is 0.270 e. The second kappa shape index (κ2) is 5.40. The summed E-state index contributed by atoms with van der Waals surface area (Å²) in [6, 6.07) is 1.92. The average molecular weight is 275 g/mol.